The molecule has 1 N–H and O–H groups in total. The summed E-state index contributed by atoms with van der Waals surface area (Å²) < 4.78 is 0. The van der Waals surface area contributed by atoms with E-state index in [2.05, 4.69) is 54.7 Å². The smallest absolute Gasteiger partial charge is 0.00682 e. The number of aryl methyl sites for hydroxylation is 1. The Morgan fingerprint density at radius 3 is 2.70 bits per heavy atom. The molecule has 1 fully saturated rings. The van der Waals surface area contributed by atoms with Crippen molar-refractivity contribution in [1.29, 1.82) is 0 Å². The van der Waals surface area contributed by atoms with Crippen LogP contribution in [0.3, 0.4) is 0 Å². The van der Waals surface area contributed by atoms with Gasteiger partial charge in [-0.1, -0.05) is 49.4 Å². The van der Waals surface area contributed by atoms with Crippen molar-refractivity contribution < 1.29 is 0 Å². The highest BCUT2D eigenvalue weighted by molar-refractivity contribution is 5.85. The van der Waals surface area contributed by atoms with E-state index < -0.39 is 0 Å². The first-order valence-electron chi connectivity index (χ1n) is 8.03. The fourth-order valence-corrected chi connectivity index (χ4v) is 2.88. The fourth-order valence-electron chi connectivity index (χ4n) is 2.88. The molecule has 1 saturated carbocycles. The van der Waals surface area contributed by atoms with Gasteiger partial charge in [0.1, 0.15) is 0 Å². The molecule has 0 heterocycles. The van der Waals surface area contributed by atoms with Crippen molar-refractivity contribution in [2.75, 3.05) is 6.54 Å². The minimum atomic E-state index is 0.806. The normalized spacial score (nSPS) is 16.4. The third-order valence-electron chi connectivity index (χ3n) is 4.43. The molecule has 0 saturated heterocycles. The van der Waals surface area contributed by atoms with E-state index in [1.807, 2.05) is 0 Å². The van der Waals surface area contributed by atoms with Crippen molar-refractivity contribution in [3.8, 4) is 0 Å². The van der Waals surface area contributed by atoms with Gasteiger partial charge in [-0.2, -0.15) is 0 Å². The van der Waals surface area contributed by atoms with E-state index in [1.54, 1.807) is 0 Å². The molecule has 0 aliphatic heterocycles. The number of hydrogen-bond acceptors (Lipinski definition) is 1. The molecule has 0 amide bonds. The number of nitrogens with one attached hydrogen (secondary N) is 1. The molecule has 1 unspecified atom stereocenters. The van der Waals surface area contributed by atoms with Crippen molar-refractivity contribution in [3.05, 3.63) is 48.0 Å². The molecule has 0 aromatic heterocycles. The van der Waals surface area contributed by atoms with Crippen molar-refractivity contribution in [3.63, 3.8) is 0 Å². The Labute approximate surface area is 122 Å². The molecule has 1 aliphatic carbocycles. The minimum absolute atomic E-state index is 0.806. The maximum atomic E-state index is 3.62. The Morgan fingerprint density at radius 1 is 1.05 bits per heavy atom. The molecule has 20 heavy (non-hydrogen) atoms. The third-order valence-corrected chi connectivity index (χ3v) is 4.43. The molecule has 1 aliphatic rings. The summed E-state index contributed by atoms with van der Waals surface area (Å²) in [5.74, 6) is 0.806. The highest BCUT2D eigenvalue weighted by atomic mass is 14.9. The predicted octanol–water partition coefficient (Wildman–Crippen LogP) is 4.55. The van der Waals surface area contributed by atoms with Crippen LogP contribution in [0.4, 0.5) is 0 Å². The largest absolute Gasteiger partial charge is 0.314 e. The second kappa shape index (κ2) is 6.41. The summed E-state index contributed by atoms with van der Waals surface area (Å²) in [4.78, 5) is 0. The summed E-state index contributed by atoms with van der Waals surface area (Å²) in [6.07, 6.45) is 6.59. The minimum Gasteiger partial charge on any atom is -0.314 e. The van der Waals surface area contributed by atoms with Crippen LogP contribution in [0.15, 0.2) is 42.5 Å². The van der Waals surface area contributed by atoms with Gasteiger partial charge in [-0.25, -0.2) is 0 Å². The monoisotopic (exact) mass is 267 g/mol. The first kappa shape index (κ1) is 13.6. The second-order valence-corrected chi connectivity index (χ2v) is 6.30. The molecule has 106 valence electrons. The lowest BCUT2D eigenvalue weighted by Gasteiger charge is -2.13. The zero-order valence-electron chi connectivity index (χ0n) is 12.4. The Hall–Kier alpha value is -1.34. The van der Waals surface area contributed by atoms with Crippen LogP contribution in [0, 0.1) is 5.92 Å². The van der Waals surface area contributed by atoms with Crippen LogP contribution in [-0.2, 0) is 6.42 Å². The molecule has 1 nitrogen and oxygen atoms in total. The summed E-state index contributed by atoms with van der Waals surface area (Å²) >= 11 is 0. The van der Waals surface area contributed by atoms with E-state index in [9.17, 15) is 0 Å². The maximum Gasteiger partial charge on any atom is 0.00682 e. The van der Waals surface area contributed by atoms with Gasteiger partial charge in [0.05, 0.1) is 0 Å². The Kier molecular flexibility index (Phi) is 4.37. The number of fused-ring (bicyclic) bond motifs is 1. The quantitative estimate of drug-likeness (QED) is 0.776. The number of benzene rings is 2. The topological polar surface area (TPSA) is 12.0 Å². The fraction of sp³-hybridized carbons (Fsp3) is 0.474. The molecule has 2 aromatic carbocycles. The van der Waals surface area contributed by atoms with Crippen LogP contribution in [0.5, 0.6) is 0 Å². The molecule has 1 heteroatoms. The molecule has 0 spiro atoms. The van der Waals surface area contributed by atoms with Gasteiger partial charge in [-0.05, 0) is 60.9 Å². The van der Waals surface area contributed by atoms with E-state index in [-0.39, 0.29) is 0 Å². The SMILES string of the molecule is CC(CCNC1CC1)CCc1cccc2ccccc12. The van der Waals surface area contributed by atoms with Crippen LogP contribution in [0.1, 0.15) is 38.2 Å². The van der Waals surface area contributed by atoms with Crippen molar-refractivity contribution >= 4 is 10.8 Å². The van der Waals surface area contributed by atoms with Crippen LogP contribution in [0.2, 0.25) is 0 Å². The van der Waals surface area contributed by atoms with Gasteiger partial charge in [-0.15, -0.1) is 0 Å². The molecular formula is C19H25N. The molecule has 0 radical (unpaired) electrons. The van der Waals surface area contributed by atoms with E-state index in [0.717, 1.165) is 12.0 Å². The van der Waals surface area contributed by atoms with Crippen LogP contribution >= 0.6 is 0 Å². The van der Waals surface area contributed by atoms with Gasteiger partial charge in [0.15, 0.2) is 0 Å². The van der Waals surface area contributed by atoms with E-state index in [1.165, 1.54) is 55.0 Å². The third kappa shape index (κ3) is 3.61. The van der Waals surface area contributed by atoms with Crippen LogP contribution in [-0.4, -0.2) is 12.6 Å². The first-order chi connectivity index (χ1) is 9.83. The van der Waals surface area contributed by atoms with Crippen molar-refractivity contribution in [2.24, 2.45) is 5.92 Å². The van der Waals surface area contributed by atoms with Crippen molar-refractivity contribution in [1.82, 2.24) is 5.32 Å². The van der Waals surface area contributed by atoms with Gasteiger partial charge in [0, 0.05) is 6.04 Å². The highest BCUT2D eigenvalue weighted by Gasteiger charge is 2.19. The van der Waals surface area contributed by atoms with Gasteiger partial charge in [-0.3, -0.25) is 0 Å². The Bertz CT molecular complexity index is 551. The Morgan fingerprint density at radius 2 is 1.85 bits per heavy atom. The lowest BCUT2D eigenvalue weighted by molar-refractivity contribution is 0.470. The molecular weight excluding hydrogens is 242 g/mol. The summed E-state index contributed by atoms with van der Waals surface area (Å²) in [7, 11) is 0. The summed E-state index contributed by atoms with van der Waals surface area (Å²) in [6.45, 7) is 3.58. The summed E-state index contributed by atoms with van der Waals surface area (Å²) in [5.41, 5.74) is 1.50. The van der Waals surface area contributed by atoms with Gasteiger partial charge < -0.3 is 5.32 Å². The predicted molar refractivity (Wildman–Crippen MR) is 87.1 cm³/mol. The van der Waals surface area contributed by atoms with Gasteiger partial charge >= 0.3 is 0 Å². The number of hydrogen-bond donors (Lipinski definition) is 1. The molecule has 2 aromatic rings. The summed E-state index contributed by atoms with van der Waals surface area (Å²) in [6, 6.07) is 16.3. The molecule has 1 atom stereocenters. The lowest BCUT2D eigenvalue weighted by Crippen LogP contribution is -2.19. The zero-order valence-corrected chi connectivity index (χ0v) is 12.4. The average molecular weight is 267 g/mol. The molecule has 0 bridgehead atoms. The first-order valence-corrected chi connectivity index (χ1v) is 8.03. The second-order valence-electron chi connectivity index (χ2n) is 6.30. The standard InChI is InChI=1S/C19H25N/c1-15(13-14-20-18-11-12-18)9-10-17-7-4-6-16-5-2-3-8-19(16)17/h2-8,15,18,20H,9-14H2,1H3. The Balaban J connectivity index is 1.53. The summed E-state index contributed by atoms with van der Waals surface area (Å²) in [5, 5.41) is 6.41. The van der Waals surface area contributed by atoms with E-state index in [4.69, 9.17) is 0 Å². The lowest BCUT2D eigenvalue weighted by atomic mass is 9.95. The van der Waals surface area contributed by atoms with Crippen molar-refractivity contribution in [2.45, 2.75) is 45.1 Å². The van der Waals surface area contributed by atoms with E-state index >= 15 is 0 Å². The average Bonchev–Trinajstić information content (AvgIpc) is 3.29. The maximum absolute atomic E-state index is 3.62. The zero-order chi connectivity index (χ0) is 13.8. The molecule has 3 rings (SSSR count). The highest BCUT2D eigenvalue weighted by Crippen LogP contribution is 2.22. The van der Waals surface area contributed by atoms with Crippen LogP contribution in [0.25, 0.3) is 10.8 Å². The van der Waals surface area contributed by atoms with Gasteiger partial charge in [0.25, 0.3) is 0 Å². The van der Waals surface area contributed by atoms with Crippen LogP contribution < -0.4 is 5.32 Å². The number of rotatable bonds is 7. The van der Waals surface area contributed by atoms with Gasteiger partial charge in [0.2, 0.25) is 0 Å². The van der Waals surface area contributed by atoms with E-state index in [0.29, 0.717) is 0 Å².